The van der Waals surface area contributed by atoms with Gasteiger partial charge in [0.1, 0.15) is 5.69 Å². The molecule has 0 bridgehead atoms. The maximum Gasteiger partial charge on any atom is 0.433 e. The van der Waals surface area contributed by atoms with Crippen molar-refractivity contribution in [3.05, 3.63) is 59.2 Å². The quantitative estimate of drug-likeness (QED) is 0.700. The Balaban J connectivity index is 2.42. The first-order chi connectivity index (χ1) is 12.5. The molecular weight excluding hydrogens is 403 g/mol. The van der Waals surface area contributed by atoms with Crippen molar-refractivity contribution < 1.29 is 21.6 Å². The third-order valence-corrected chi connectivity index (χ3v) is 5.12. The number of hydrogen-bond acceptors (Lipinski definition) is 3. The molecular formula is C17H13ClF3N3O2S. The van der Waals surface area contributed by atoms with Crippen LogP contribution in [0.15, 0.2) is 53.4 Å². The lowest BCUT2D eigenvalue weighted by Crippen LogP contribution is -2.13. The largest absolute Gasteiger partial charge is 0.433 e. The van der Waals surface area contributed by atoms with E-state index in [9.17, 15) is 21.6 Å². The molecule has 1 heterocycles. The summed E-state index contributed by atoms with van der Waals surface area (Å²) >= 11 is 5.84. The van der Waals surface area contributed by atoms with Crippen molar-refractivity contribution >= 4 is 21.6 Å². The number of sulfonamides is 1. The number of halogens is 4. The van der Waals surface area contributed by atoms with Crippen molar-refractivity contribution in [2.45, 2.75) is 11.1 Å². The zero-order valence-electron chi connectivity index (χ0n) is 13.8. The van der Waals surface area contributed by atoms with E-state index >= 15 is 0 Å². The van der Waals surface area contributed by atoms with E-state index in [2.05, 4.69) is 5.10 Å². The van der Waals surface area contributed by atoms with Gasteiger partial charge in [-0.3, -0.25) is 4.68 Å². The van der Waals surface area contributed by atoms with E-state index in [1.807, 2.05) is 0 Å². The van der Waals surface area contributed by atoms with E-state index in [-0.39, 0.29) is 27.3 Å². The fraction of sp³-hybridized carbons (Fsp3) is 0.118. The minimum absolute atomic E-state index is 0.0175. The van der Waals surface area contributed by atoms with E-state index in [0.29, 0.717) is 9.70 Å². The highest BCUT2D eigenvalue weighted by Gasteiger charge is 2.40. The Kier molecular flexibility index (Phi) is 4.79. The monoisotopic (exact) mass is 415 g/mol. The molecule has 0 aliphatic carbocycles. The van der Waals surface area contributed by atoms with Gasteiger partial charge in [0.15, 0.2) is 5.69 Å². The van der Waals surface area contributed by atoms with Gasteiger partial charge in [-0.05, 0) is 23.8 Å². The number of nitrogens with two attached hydrogens (primary N) is 1. The van der Waals surface area contributed by atoms with Gasteiger partial charge in [0.05, 0.1) is 4.90 Å². The molecule has 0 aliphatic rings. The summed E-state index contributed by atoms with van der Waals surface area (Å²) in [5.74, 6) is 0. The average molecular weight is 416 g/mol. The van der Waals surface area contributed by atoms with Crippen LogP contribution in [0.5, 0.6) is 0 Å². The van der Waals surface area contributed by atoms with Crippen LogP contribution in [0, 0.1) is 0 Å². The van der Waals surface area contributed by atoms with Crippen LogP contribution in [-0.2, 0) is 23.2 Å². The summed E-state index contributed by atoms with van der Waals surface area (Å²) in [6.45, 7) is 0. The smallest absolute Gasteiger partial charge is 0.262 e. The SMILES string of the molecule is Cn1nc(-c2ccccc2S(N)(=O)=O)c(-c2ccc(Cl)cc2)c1C(F)(F)F. The lowest BCUT2D eigenvalue weighted by Gasteiger charge is -2.12. The Morgan fingerprint density at radius 1 is 1.07 bits per heavy atom. The number of aromatic nitrogens is 2. The van der Waals surface area contributed by atoms with Gasteiger partial charge in [0.25, 0.3) is 0 Å². The van der Waals surface area contributed by atoms with E-state index in [1.165, 1.54) is 48.5 Å². The molecule has 0 radical (unpaired) electrons. The zero-order chi connectivity index (χ0) is 20.0. The van der Waals surface area contributed by atoms with Crippen LogP contribution < -0.4 is 5.14 Å². The van der Waals surface area contributed by atoms with Crippen LogP contribution in [0.1, 0.15) is 5.69 Å². The van der Waals surface area contributed by atoms with E-state index in [0.717, 1.165) is 7.05 Å². The number of aryl methyl sites for hydroxylation is 1. The number of rotatable bonds is 3. The molecule has 0 fully saturated rings. The standard InChI is InChI=1S/C17H13ClF3N3O2S/c1-24-16(17(19,20)21)14(10-6-8-11(18)9-7-10)15(23-24)12-4-2-3-5-13(12)27(22,25)26/h2-9H,1H3,(H2,22,25,26). The van der Waals surface area contributed by atoms with Gasteiger partial charge in [-0.15, -0.1) is 0 Å². The molecule has 0 spiro atoms. The predicted molar refractivity (Wildman–Crippen MR) is 95.5 cm³/mol. The third-order valence-electron chi connectivity index (χ3n) is 3.90. The predicted octanol–water partition coefficient (Wildman–Crippen LogP) is 4.07. The average Bonchev–Trinajstić information content (AvgIpc) is 2.92. The Morgan fingerprint density at radius 3 is 2.22 bits per heavy atom. The van der Waals surface area contributed by atoms with E-state index in [1.54, 1.807) is 0 Å². The van der Waals surface area contributed by atoms with Gasteiger partial charge in [-0.2, -0.15) is 18.3 Å². The van der Waals surface area contributed by atoms with Gasteiger partial charge < -0.3 is 0 Å². The first kappa shape index (κ1) is 19.4. The fourth-order valence-corrected chi connectivity index (χ4v) is 3.70. The third kappa shape index (κ3) is 3.71. The van der Waals surface area contributed by atoms with Crippen molar-refractivity contribution in [2.75, 3.05) is 0 Å². The maximum atomic E-state index is 13.7. The molecule has 1 aromatic heterocycles. The molecule has 0 atom stereocenters. The summed E-state index contributed by atoms with van der Waals surface area (Å²) in [6.07, 6.45) is -4.72. The summed E-state index contributed by atoms with van der Waals surface area (Å²) in [6, 6.07) is 11.2. The summed E-state index contributed by atoms with van der Waals surface area (Å²) in [5.41, 5.74) is -1.23. The molecule has 0 saturated carbocycles. The molecule has 142 valence electrons. The molecule has 0 aliphatic heterocycles. The van der Waals surface area contributed by atoms with Crippen LogP contribution in [0.4, 0.5) is 13.2 Å². The highest BCUT2D eigenvalue weighted by atomic mass is 35.5. The topological polar surface area (TPSA) is 78.0 Å². The molecule has 3 aromatic rings. The minimum atomic E-state index is -4.72. The summed E-state index contributed by atoms with van der Waals surface area (Å²) in [7, 11) is -3.03. The molecule has 0 amide bonds. The lowest BCUT2D eigenvalue weighted by atomic mass is 9.98. The molecule has 5 nitrogen and oxygen atoms in total. The van der Waals surface area contributed by atoms with Gasteiger partial charge in [-0.1, -0.05) is 41.9 Å². The molecule has 2 aromatic carbocycles. The van der Waals surface area contributed by atoms with Crippen LogP contribution in [0.2, 0.25) is 5.02 Å². The number of benzene rings is 2. The zero-order valence-corrected chi connectivity index (χ0v) is 15.4. The first-order valence-corrected chi connectivity index (χ1v) is 9.45. The summed E-state index contributed by atoms with van der Waals surface area (Å²) < 4.78 is 65.6. The normalized spacial score (nSPS) is 12.4. The molecule has 0 unspecified atom stereocenters. The molecule has 10 heteroatoms. The van der Waals surface area contributed by atoms with Crippen molar-refractivity contribution in [1.29, 1.82) is 0 Å². The molecule has 27 heavy (non-hydrogen) atoms. The molecule has 2 N–H and O–H groups in total. The van der Waals surface area contributed by atoms with Crippen molar-refractivity contribution in [3.63, 3.8) is 0 Å². The van der Waals surface area contributed by atoms with Crippen molar-refractivity contribution in [2.24, 2.45) is 12.2 Å². The van der Waals surface area contributed by atoms with Crippen LogP contribution >= 0.6 is 11.6 Å². The Hall–Kier alpha value is -2.36. The number of hydrogen-bond donors (Lipinski definition) is 1. The highest BCUT2D eigenvalue weighted by molar-refractivity contribution is 7.89. The fourth-order valence-electron chi connectivity index (χ4n) is 2.84. The second kappa shape index (κ2) is 6.66. The van der Waals surface area contributed by atoms with Gasteiger partial charge in [0.2, 0.25) is 10.0 Å². The van der Waals surface area contributed by atoms with E-state index in [4.69, 9.17) is 16.7 Å². The van der Waals surface area contributed by atoms with Gasteiger partial charge >= 0.3 is 6.18 Å². The summed E-state index contributed by atoms with van der Waals surface area (Å²) in [4.78, 5) is -0.313. The second-order valence-electron chi connectivity index (χ2n) is 5.74. The lowest BCUT2D eigenvalue weighted by molar-refractivity contribution is -0.143. The highest BCUT2D eigenvalue weighted by Crippen LogP contribution is 2.43. The van der Waals surface area contributed by atoms with Gasteiger partial charge in [0, 0.05) is 23.2 Å². The number of alkyl halides is 3. The van der Waals surface area contributed by atoms with Crippen LogP contribution in [-0.4, -0.2) is 18.2 Å². The van der Waals surface area contributed by atoms with Crippen molar-refractivity contribution in [3.8, 4) is 22.4 Å². The molecule has 3 rings (SSSR count). The van der Waals surface area contributed by atoms with Gasteiger partial charge in [-0.25, -0.2) is 13.6 Å². The summed E-state index contributed by atoms with van der Waals surface area (Å²) in [5, 5.41) is 9.55. The van der Waals surface area contributed by atoms with Crippen molar-refractivity contribution in [1.82, 2.24) is 9.78 Å². The van der Waals surface area contributed by atoms with Crippen LogP contribution in [0.25, 0.3) is 22.4 Å². The maximum absolute atomic E-state index is 13.7. The van der Waals surface area contributed by atoms with Crippen LogP contribution in [0.3, 0.4) is 0 Å². The Labute approximate surface area is 158 Å². The molecule has 0 saturated heterocycles. The second-order valence-corrected chi connectivity index (χ2v) is 7.71. The first-order valence-electron chi connectivity index (χ1n) is 7.52. The Bertz CT molecular complexity index is 1110. The van der Waals surface area contributed by atoms with E-state index < -0.39 is 21.9 Å². The number of primary sulfonamides is 1. The Morgan fingerprint density at radius 2 is 1.67 bits per heavy atom. The minimum Gasteiger partial charge on any atom is -0.262 e. The number of nitrogens with zero attached hydrogens (tertiary/aromatic N) is 2.